The van der Waals surface area contributed by atoms with Crippen LogP contribution in [0.5, 0.6) is 0 Å². The van der Waals surface area contributed by atoms with Crippen molar-refractivity contribution in [3.05, 3.63) is 106 Å². The zero-order valence-electron chi connectivity index (χ0n) is 21.3. The van der Waals surface area contributed by atoms with Gasteiger partial charge in [0.15, 0.2) is 0 Å². The molecule has 0 radical (unpaired) electrons. The second-order valence-corrected chi connectivity index (χ2v) is 11.7. The van der Waals surface area contributed by atoms with Crippen LogP contribution in [0.4, 0.5) is 5.69 Å². The van der Waals surface area contributed by atoms with Gasteiger partial charge in [-0.1, -0.05) is 36.4 Å². The number of benzene rings is 2. The highest BCUT2D eigenvalue weighted by Gasteiger charge is 2.13. The molecule has 10 nitrogen and oxygen atoms in total. The lowest BCUT2D eigenvalue weighted by Crippen LogP contribution is -2.21. The zero-order chi connectivity index (χ0) is 27.4. The lowest BCUT2D eigenvalue weighted by molar-refractivity contribution is 0.102. The normalized spacial score (nSPS) is 11.6. The Hall–Kier alpha value is -4.48. The fourth-order valence-electron chi connectivity index (χ4n) is 4.22. The van der Waals surface area contributed by atoms with Gasteiger partial charge in [-0.25, -0.2) is 8.42 Å². The van der Waals surface area contributed by atoms with Crippen molar-refractivity contribution < 1.29 is 13.2 Å². The van der Waals surface area contributed by atoms with Crippen molar-refractivity contribution >= 4 is 32.3 Å². The van der Waals surface area contributed by atoms with Gasteiger partial charge in [-0.15, -0.1) is 0 Å². The first-order chi connectivity index (χ1) is 18.7. The molecule has 2 aromatic carbocycles. The summed E-state index contributed by atoms with van der Waals surface area (Å²) in [6.07, 6.45) is 5.86. The molecule has 5 rings (SSSR count). The van der Waals surface area contributed by atoms with Gasteiger partial charge in [0.05, 0.1) is 41.0 Å². The number of nitrogens with zero attached hydrogens (tertiary/aromatic N) is 2. The first-order valence-electron chi connectivity index (χ1n) is 12.3. The van der Waals surface area contributed by atoms with Gasteiger partial charge in [0.1, 0.15) is 9.84 Å². The molecule has 0 fully saturated rings. The highest BCUT2D eigenvalue weighted by Crippen LogP contribution is 2.24. The predicted octanol–water partition coefficient (Wildman–Crippen LogP) is 3.15. The van der Waals surface area contributed by atoms with Crippen LogP contribution in [0.15, 0.2) is 84.0 Å². The third-order valence-corrected chi connectivity index (χ3v) is 7.14. The number of rotatable bonds is 10. The van der Waals surface area contributed by atoms with Crippen LogP contribution in [0.25, 0.3) is 22.2 Å². The van der Waals surface area contributed by atoms with Crippen molar-refractivity contribution in [3.63, 3.8) is 0 Å². The van der Waals surface area contributed by atoms with Crippen LogP contribution >= 0.6 is 0 Å². The number of H-pyrrole nitrogens is 2. The largest absolute Gasteiger partial charge is 0.354 e. The lowest BCUT2D eigenvalue weighted by atomic mass is 10.1. The van der Waals surface area contributed by atoms with E-state index in [-0.39, 0.29) is 17.2 Å². The zero-order valence-corrected chi connectivity index (χ0v) is 22.1. The smallest absolute Gasteiger partial charge is 0.258 e. The monoisotopic (exact) mass is 544 g/mol. The summed E-state index contributed by atoms with van der Waals surface area (Å²) in [5.41, 5.74) is 4.47. The molecule has 0 bridgehead atoms. The number of hydrogen-bond donors (Lipinski definition) is 4. The standard InChI is InChI=1S/C28H28N6O4S/c1-39(37,38)10-9-29-14-20-7-8-25-21(11-20)12-26(33-25)24-13-23(16-30-28(24)36)32-27(35)22-15-31-34(18-22)17-19-5-3-2-4-6-19/h2-8,11-13,15-16,18,29,33H,9-10,14,17H2,1H3,(H,30,36)(H,32,35). The summed E-state index contributed by atoms with van der Waals surface area (Å²) >= 11 is 0. The van der Waals surface area contributed by atoms with Crippen molar-refractivity contribution in [1.82, 2.24) is 25.1 Å². The Morgan fingerprint density at radius 1 is 1.05 bits per heavy atom. The number of aromatic amines is 2. The maximum Gasteiger partial charge on any atom is 0.258 e. The Labute approximate surface area is 225 Å². The summed E-state index contributed by atoms with van der Waals surface area (Å²) in [5, 5.41) is 11.2. The molecule has 0 spiro atoms. The molecular weight excluding hydrogens is 516 g/mol. The molecule has 11 heteroatoms. The third-order valence-electron chi connectivity index (χ3n) is 6.20. The summed E-state index contributed by atoms with van der Waals surface area (Å²) in [6.45, 7) is 1.45. The molecule has 0 atom stereocenters. The van der Waals surface area contributed by atoms with Crippen molar-refractivity contribution in [2.45, 2.75) is 13.1 Å². The van der Waals surface area contributed by atoms with Gasteiger partial charge in [-0.2, -0.15) is 5.10 Å². The van der Waals surface area contributed by atoms with E-state index in [2.05, 4.69) is 25.7 Å². The molecule has 0 aliphatic heterocycles. The molecule has 3 heterocycles. The van der Waals surface area contributed by atoms with Gasteiger partial charge in [0, 0.05) is 42.6 Å². The Bertz CT molecular complexity index is 1790. The van der Waals surface area contributed by atoms with Gasteiger partial charge in [0.2, 0.25) is 0 Å². The average molecular weight is 545 g/mol. The van der Waals surface area contributed by atoms with E-state index in [0.29, 0.717) is 42.1 Å². The Morgan fingerprint density at radius 3 is 2.67 bits per heavy atom. The number of amides is 1. The van der Waals surface area contributed by atoms with Crippen LogP contribution in [0.2, 0.25) is 0 Å². The molecule has 5 aromatic rings. The molecule has 4 N–H and O–H groups in total. The maximum atomic E-state index is 12.9. The SMILES string of the molecule is CS(=O)(=O)CCNCc1ccc2[nH]c(-c3cc(NC(=O)c4cnn(Cc5ccccc5)c4)c[nH]c3=O)cc2c1. The van der Waals surface area contributed by atoms with E-state index in [0.717, 1.165) is 22.0 Å². The third kappa shape index (κ3) is 6.70. The van der Waals surface area contributed by atoms with Gasteiger partial charge >= 0.3 is 0 Å². The molecule has 3 aromatic heterocycles. The number of pyridine rings is 1. The van der Waals surface area contributed by atoms with E-state index in [1.54, 1.807) is 16.9 Å². The Balaban J connectivity index is 1.28. The van der Waals surface area contributed by atoms with Crippen LogP contribution in [0.3, 0.4) is 0 Å². The van der Waals surface area contributed by atoms with Crippen molar-refractivity contribution in [3.8, 4) is 11.3 Å². The van der Waals surface area contributed by atoms with Crippen LogP contribution in [-0.4, -0.2) is 52.6 Å². The average Bonchev–Trinajstić information content (AvgIpc) is 3.55. The van der Waals surface area contributed by atoms with Gasteiger partial charge in [-0.05, 0) is 35.4 Å². The minimum Gasteiger partial charge on any atom is -0.354 e. The van der Waals surface area contributed by atoms with E-state index < -0.39 is 9.84 Å². The first kappa shape index (κ1) is 26.1. The van der Waals surface area contributed by atoms with Crippen LogP contribution in [0.1, 0.15) is 21.5 Å². The van der Waals surface area contributed by atoms with Crippen molar-refractivity contribution in [2.75, 3.05) is 23.9 Å². The molecule has 0 saturated heterocycles. The van der Waals surface area contributed by atoms with E-state index in [1.165, 1.54) is 18.6 Å². The molecule has 200 valence electrons. The molecule has 0 aliphatic rings. The van der Waals surface area contributed by atoms with Crippen molar-refractivity contribution in [2.24, 2.45) is 0 Å². The number of anilines is 1. The molecule has 1 amide bonds. The maximum absolute atomic E-state index is 12.9. The minimum absolute atomic E-state index is 0.0786. The van der Waals surface area contributed by atoms with E-state index >= 15 is 0 Å². The highest BCUT2D eigenvalue weighted by molar-refractivity contribution is 7.90. The summed E-state index contributed by atoms with van der Waals surface area (Å²) < 4.78 is 24.3. The Kier molecular flexibility index (Phi) is 7.44. The van der Waals surface area contributed by atoms with E-state index in [9.17, 15) is 18.0 Å². The highest BCUT2D eigenvalue weighted by atomic mass is 32.2. The number of hydrogen-bond acceptors (Lipinski definition) is 6. The van der Waals surface area contributed by atoms with Gasteiger partial charge in [-0.3, -0.25) is 14.3 Å². The van der Waals surface area contributed by atoms with E-state index in [1.807, 2.05) is 54.6 Å². The quantitative estimate of drug-likeness (QED) is 0.199. The van der Waals surface area contributed by atoms with Crippen LogP contribution in [-0.2, 0) is 22.9 Å². The number of carbonyl (C=O) groups is 1. The first-order valence-corrected chi connectivity index (χ1v) is 14.4. The number of nitrogens with one attached hydrogen (secondary N) is 4. The number of carbonyl (C=O) groups excluding carboxylic acids is 1. The lowest BCUT2D eigenvalue weighted by Gasteiger charge is -2.05. The molecule has 0 saturated carbocycles. The summed E-state index contributed by atoms with van der Waals surface area (Å²) in [5.74, 6) is -0.258. The van der Waals surface area contributed by atoms with Crippen LogP contribution < -0.4 is 16.2 Å². The van der Waals surface area contributed by atoms with Gasteiger partial charge < -0.3 is 20.6 Å². The predicted molar refractivity (Wildman–Crippen MR) is 151 cm³/mol. The number of fused-ring (bicyclic) bond motifs is 1. The molecule has 0 aliphatic carbocycles. The molecule has 0 unspecified atom stereocenters. The second kappa shape index (κ2) is 11.1. The fraction of sp³-hybridized carbons (Fsp3) is 0.179. The van der Waals surface area contributed by atoms with E-state index in [4.69, 9.17) is 0 Å². The van der Waals surface area contributed by atoms with Crippen molar-refractivity contribution in [1.29, 1.82) is 0 Å². The summed E-state index contributed by atoms with van der Waals surface area (Å²) in [6, 6.07) is 19.2. The topological polar surface area (TPSA) is 142 Å². The number of aromatic nitrogens is 4. The summed E-state index contributed by atoms with van der Waals surface area (Å²) in [4.78, 5) is 31.4. The second-order valence-electron chi connectivity index (χ2n) is 9.41. The fourth-order valence-corrected chi connectivity index (χ4v) is 4.74. The minimum atomic E-state index is -3.01. The summed E-state index contributed by atoms with van der Waals surface area (Å²) in [7, 11) is -3.01. The molecular formula is C28H28N6O4S. The van der Waals surface area contributed by atoms with Gasteiger partial charge in [0.25, 0.3) is 11.5 Å². The molecule has 39 heavy (non-hydrogen) atoms. The number of sulfone groups is 1. The Morgan fingerprint density at radius 2 is 1.87 bits per heavy atom. The van der Waals surface area contributed by atoms with Crippen LogP contribution in [0, 0.1) is 0 Å².